The molecule has 4 rings (SSSR count). The molecule has 7 heteroatoms. The van der Waals surface area contributed by atoms with Gasteiger partial charge in [0.1, 0.15) is 11.5 Å². The molecule has 2 aliphatic rings. The van der Waals surface area contributed by atoms with Crippen molar-refractivity contribution in [2.45, 2.75) is 52.6 Å². The van der Waals surface area contributed by atoms with Crippen LogP contribution in [0.4, 0.5) is 5.69 Å². The van der Waals surface area contributed by atoms with Crippen molar-refractivity contribution in [3.05, 3.63) is 29.7 Å². The zero-order chi connectivity index (χ0) is 21.5. The molecule has 30 heavy (non-hydrogen) atoms. The molecule has 1 saturated carbocycles. The average molecular weight is 420 g/mol. The summed E-state index contributed by atoms with van der Waals surface area (Å²) in [4.78, 5) is 12.3. The number of anilines is 1. The summed E-state index contributed by atoms with van der Waals surface area (Å²) < 4.78 is 16.2. The monoisotopic (exact) mass is 419 g/mol. The quantitative estimate of drug-likeness (QED) is 0.713. The van der Waals surface area contributed by atoms with E-state index in [9.17, 15) is 4.79 Å². The lowest BCUT2D eigenvalue weighted by Gasteiger charge is -2.12. The highest BCUT2D eigenvalue weighted by Gasteiger charge is 2.43. The van der Waals surface area contributed by atoms with Crippen molar-refractivity contribution in [1.29, 1.82) is 0 Å². The van der Waals surface area contributed by atoms with Crippen LogP contribution < -0.4 is 15.4 Å². The Morgan fingerprint density at radius 2 is 2.07 bits per heavy atom. The third-order valence-electron chi connectivity index (χ3n) is 5.43. The van der Waals surface area contributed by atoms with Gasteiger partial charge in [-0.2, -0.15) is 0 Å². The first kappa shape index (κ1) is 22.3. The average Bonchev–Trinajstić information content (AvgIpc) is 3.46. The Morgan fingerprint density at radius 1 is 1.30 bits per heavy atom. The Bertz CT molecular complexity index is 825. The zero-order valence-electron chi connectivity index (χ0n) is 18.4. The summed E-state index contributed by atoms with van der Waals surface area (Å²) in [5, 5.41) is 10.2. The number of ether oxygens (including phenoxy) is 2. The summed E-state index contributed by atoms with van der Waals surface area (Å²) in [6.45, 7) is 8.81. The lowest BCUT2D eigenvalue weighted by Crippen LogP contribution is -2.21. The molecule has 7 nitrogen and oxygen atoms in total. The largest absolute Gasteiger partial charge is 0.496 e. The Kier molecular flexibility index (Phi) is 7.87. The number of nitrogens with one attached hydrogen (secondary N) is 2. The molecule has 0 spiro atoms. The van der Waals surface area contributed by atoms with Gasteiger partial charge in [-0.3, -0.25) is 4.79 Å². The van der Waals surface area contributed by atoms with E-state index >= 15 is 0 Å². The maximum Gasteiger partial charge on any atom is 0.230 e. The highest BCUT2D eigenvalue weighted by atomic mass is 16.5. The fourth-order valence-electron chi connectivity index (χ4n) is 3.73. The van der Waals surface area contributed by atoms with Crippen molar-refractivity contribution in [3.8, 4) is 16.9 Å². The van der Waals surface area contributed by atoms with Crippen LogP contribution in [0.2, 0.25) is 0 Å². The van der Waals surface area contributed by atoms with Crippen molar-refractivity contribution < 1.29 is 21.6 Å². The SMILES string of the molecule is C1CCNCC1.CCOC1CC1C(=O)Nc1ccc(OC)c(-c2c(C)noc2C)c1.[HH].[HH]. The van der Waals surface area contributed by atoms with Crippen molar-refractivity contribution in [3.63, 3.8) is 0 Å². The minimum absolute atomic E-state index is 0. The summed E-state index contributed by atoms with van der Waals surface area (Å²) in [6, 6.07) is 5.56. The van der Waals surface area contributed by atoms with Crippen molar-refractivity contribution in [2.24, 2.45) is 5.92 Å². The van der Waals surface area contributed by atoms with E-state index in [2.05, 4.69) is 15.8 Å². The number of carbonyl (C=O) groups is 1. The van der Waals surface area contributed by atoms with Crippen LogP contribution in [0.15, 0.2) is 22.7 Å². The van der Waals surface area contributed by atoms with E-state index in [-0.39, 0.29) is 20.8 Å². The molecule has 1 aromatic heterocycles. The molecule has 2 heterocycles. The van der Waals surface area contributed by atoms with Gasteiger partial charge in [0.15, 0.2) is 0 Å². The van der Waals surface area contributed by atoms with E-state index in [4.69, 9.17) is 14.0 Å². The molecule has 0 radical (unpaired) electrons. The first-order valence-corrected chi connectivity index (χ1v) is 10.8. The van der Waals surface area contributed by atoms with Crippen LogP contribution in [-0.4, -0.2) is 44.0 Å². The van der Waals surface area contributed by atoms with Crippen molar-refractivity contribution in [2.75, 3.05) is 32.1 Å². The third-order valence-corrected chi connectivity index (χ3v) is 5.43. The molecule has 1 aliphatic heterocycles. The van der Waals surface area contributed by atoms with Crippen LogP contribution in [0.3, 0.4) is 0 Å². The van der Waals surface area contributed by atoms with Gasteiger partial charge < -0.3 is 24.6 Å². The molecule has 2 fully saturated rings. The van der Waals surface area contributed by atoms with Crippen LogP contribution >= 0.6 is 0 Å². The lowest BCUT2D eigenvalue weighted by molar-refractivity contribution is -0.118. The zero-order valence-corrected chi connectivity index (χ0v) is 18.4. The van der Waals surface area contributed by atoms with Gasteiger partial charge in [-0.1, -0.05) is 11.6 Å². The Morgan fingerprint density at radius 3 is 2.60 bits per heavy atom. The Labute approximate surface area is 181 Å². The second kappa shape index (κ2) is 10.6. The Balaban J connectivity index is 0.000000557. The smallest absolute Gasteiger partial charge is 0.230 e. The maximum absolute atomic E-state index is 12.3. The number of piperidine rings is 1. The molecule has 2 atom stereocenters. The van der Waals surface area contributed by atoms with Crippen molar-refractivity contribution in [1.82, 2.24) is 10.5 Å². The molecule has 1 saturated heterocycles. The van der Waals surface area contributed by atoms with Gasteiger partial charge >= 0.3 is 0 Å². The molecule has 1 aromatic carbocycles. The van der Waals surface area contributed by atoms with E-state index in [0.717, 1.165) is 28.9 Å². The van der Waals surface area contributed by atoms with Gasteiger partial charge in [-0.15, -0.1) is 0 Å². The molecule has 2 N–H and O–H groups in total. The number of aryl methyl sites for hydroxylation is 2. The summed E-state index contributed by atoms with van der Waals surface area (Å²) >= 11 is 0. The van der Waals surface area contributed by atoms with E-state index in [1.807, 2.05) is 39.0 Å². The molecular formula is C23H37N3O4. The molecule has 1 aliphatic carbocycles. The third kappa shape index (κ3) is 5.61. The summed E-state index contributed by atoms with van der Waals surface area (Å²) in [5.74, 6) is 1.35. The number of nitrogens with zero attached hydrogens (tertiary/aromatic N) is 1. The number of rotatable bonds is 6. The number of amides is 1. The predicted molar refractivity (Wildman–Crippen MR) is 121 cm³/mol. The van der Waals surface area contributed by atoms with Gasteiger partial charge in [0.05, 0.1) is 30.4 Å². The van der Waals surface area contributed by atoms with Crippen LogP contribution in [0.1, 0.15) is 46.9 Å². The molecule has 0 bridgehead atoms. The van der Waals surface area contributed by atoms with E-state index in [1.54, 1.807) is 7.11 Å². The van der Waals surface area contributed by atoms with Gasteiger partial charge in [0.25, 0.3) is 0 Å². The minimum Gasteiger partial charge on any atom is -0.496 e. The summed E-state index contributed by atoms with van der Waals surface area (Å²) in [5.41, 5.74) is 3.25. The minimum atomic E-state index is -0.0606. The van der Waals surface area contributed by atoms with Crippen LogP contribution in [-0.2, 0) is 9.53 Å². The fourth-order valence-corrected chi connectivity index (χ4v) is 3.73. The number of hydrogen-bond acceptors (Lipinski definition) is 6. The molecule has 2 unspecified atom stereocenters. The number of hydrogen-bond donors (Lipinski definition) is 2. The lowest BCUT2D eigenvalue weighted by atomic mass is 10.0. The first-order chi connectivity index (χ1) is 14.5. The molecule has 2 aromatic rings. The highest BCUT2D eigenvalue weighted by molar-refractivity contribution is 5.95. The van der Waals surface area contributed by atoms with Gasteiger partial charge in [0.2, 0.25) is 5.91 Å². The summed E-state index contributed by atoms with van der Waals surface area (Å²) in [6.07, 6.45) is 5.05. The number of carbonyl (C=O) groups excluding carboxylic acids is 1. The van der Waals surface area contributed by atoms with Crippen LogP contribution in [0.25, 0.3) is 11.1 Å². The predicted octanol–water partition coefficient (Wildman–Crippen LogP) is 4.58. The normalized spacial score (nSPS) is 20.1. The fraction of sp³-hybridized carbons (Fsp3) is 0.565. The molecule has 168 valence electrons. The highest BCUT2D eigenvalue weighted by Crippen LogP contribution is 2.38. The topological polar surface area (TPSA) is 85.6 Å². The second-order valence-electron chi connectivity index (χ2n) is 7.75. The first-order valence-electron chi connectivity index (χ1n) is 10.8. The van der Waals surface area contributed by atoms with Gasteiger partial charge in [-0.05, 0) is 71.3 Å². The van der Waals surface area contributed by atoms with Gasteiger partial charge in [-0.25, -0.2) is 0 Å². The van der Waals surface area contributed by atoms with Crippen LogP contribution in [0.5, 0.6) is 5.75 Å². The van der Waals surface area contributed by atoms with E-state index in [0.29, 0.717) is 18.1 Å². The number of methoxy groups -OCH3 is 1. The second-order valence-corrected chi connectivity index (χ2v) is 7.75. The van der Waals surface area contributed by atoms with Crippen molar-refractivity contribution >= 4 is 11.6 Å². The van der Waals surface area contributed by atoms with E-state index < -0.39 is 0 Å². The summed E-state index contributed by atoms with van der Waals surface area (Å²) in [7, 11) is 1.62. The van der Waals surface area contributed by atoms with Gasteiger partial charge in [0, 0.05) is 20.7 Å². The molecular weight excluding hydrogens is 382 g/mol. The van der Waals surface area contributed by atoms with E-state index in [1.165, 1.54) is 32.4 Å². The number of benzene rings is 1. The molecule has 1 amide bonds. The maximum atomic E-state index is 12.3. The standard InChI is InChI=1S/C18H22N2O4.C5H11N.2H2/c1-5-23-16-9-14(16)18(21)19-12-6-7-15(22-4)13(8-12)17-10(2)20-24-11(17)3;1-2-4-6-5-3-1;;/h6-8,14,16H,5,9H2,1-4H3,(H,19,21);6H,1-5H2;2*1H. The van der Waals surface area contributed by atoms with Crippen LogP contribution in [0, 0.1) is 19.8 Å². The Hall–Kier alpha value is -2.38. The number of aromatic nitrogens is 1.